The number of allylic oxidation sites excluding steroid dienone is 2. The van der Waals surface area contributed by atoms with E-state index >= 15 is 0 Å². The van der Waals surface area contributed by atoms with Gasteiger partial charge in [0.1, 0.15) is 5.78 Å². The van der Waals surface area contributed by atoms with Crippen molar-refractivity contribution in [2.75, 3.05) is 0 Å². The lowest BCUT2D eigenvalue weighted by atomic mass is 9.84. The van der Waals surface area contributed by atoms with E-state index in [4.69, 9.17) is 0 Å². The number of Topliss-reactive ketones (excluding diaryl/α,β-unsaturated/α-hetero) is 2. The summed E-state index contributed by atoms with van der Waals surface area (Å²) in [5, 5.41) is 0. The van der Waals surface area contributed by atoms with Crippen LogP contribution >= 0.6 is 0 Å². The van der Waals surface area contributed by atoms with E-state index in [2.05, 4.69) is 6.92 Å². The highest BCUT2D eigenvalue weighted by atomic mass is 16.1. The molecule has 3 unspecified atom stereocenters. The van der Waals surface area contributed by atoms with E-state index in [1.54, 1.807) is 6.92 Å². The molecule has 2 aliphatic rings. The first-order valence-corrected chi connectivity index (χ1v) is 6.55. The van der Waals surface area contributed by atoms with E-state index in [9.17, 15) is 9.59 Å². The summed E-state index contributed by atoms with van der Waals surface area (Å²) in [6, 6.07) is 0. The number of carbonyl (C=O) groups excluding carboxylic acids is 2. The molecule has 0 bridgehead atoms. The Morgan fingerprint density at radius 1 is 1.35 bits per heavy atom. The molecule has 17 heavy (non-hydrogen) atoms. The molecule has 2 fully saturated rings. The molecule has 0 aromatic heterocycles. The first-order valence-electron chi connectivity index (χ1n) is 6.55. The molecule has 94 valence electrons. The normalized spacial score (nSPS) is 35.5. The van der Waals surface area contributed by atoms with Crippen LogP contribution in [-0.2, 0) is 9.59 Å². The van der Waals surface area contributed by atoms with Crippen LogP contribution in [0, 0.1) is 17.3 Å². The van der Waals surface area contributed by atoms with Crippen LogP contribution in [-0.4, -0.2) is 11.6 Å². The van der Waals surface area contributed by atoms with Crippen LogP contribution in [0.5, 0.6) is 0 Å². The highest BCUT2D eigenvalue weighted by Gasteiger charge is 2.63. The van der Waals surface area contributed by atoms with Crippen molar-refractivity contribution < 1.29 is 9.59 Å². The Kier molecular flexibility index (Phi) is 3.01. The molecule has 0 spiro atoms. The minimum atomic E-state index is 0.200. The molecule has 2 saturated carbocycles. The zero-order valence-corrected chi connectivity index (χ0v) is 11.3. The van der Waals surface area contributed by atoms with Gasteiger partial charge in [-0.15, -0.1) is 0 Å². The van der Waals surface area contributed by atoms with Crippen molar-refractivity contribution >= 4 is 11.6 Å². The van der Waals surface area contributed by atoms with Gasteiger partial charge in [-0.25, -0.2) is 0 Å². The second-order valence-corrected chi connectivity index (χ2v) is 6.24. The predicted octanol–water partition coefficient (Wildman–Crippen LogP) is 3.31. The van der Waals surface area contributed by atoms with Crippen molar-refractivity contribution in [2.24, 2.45) is 17.3 Å². The minimum Gasteiger partial charge on any atom is -0.300 e. The third-order valence-corrected chi connectivity index (χ3v) is 4.78. The van der Waals surface area contributed by atoms with E-state index in [0.717, 1.165) is 18.4 Å². The Balaban J connectivity index is 2.07. The minimum absolute atomic E-state index is 0.200. The van der Waals surface area contributed by atoms with Gasteiger partial charge in [-0.05, 0) is 56.4 Å². The smallest absolute Gasteiger partial charge is 0.159 e. The predicted molar refractivity (Wildman–Crippen MR) is 67.6 cm³/mol. The summed E-state index contributed by atoms with van der Waals surface area (Å²) in [5.41, 5.74) is 2.43. The first kappa shape index (κ1) is 12.5. The molecule has 2 nitrogen and oxygen atoms in total. The first-order chi connectivity index (χ1) is 7.86. The van der Waals surface area contributed by atoms with Gasteiger partial charge in [0.05, 0.1) is 0 Å². The molecule has 3 atom stereocenters. The summed E-state index contributed by atoms with van der Waals surface area (Å²) >= 11 is 0. The van der Waals surface area contributed by atoms with Crippen LogP contribution in [0.25, 0.3) is 0 Å². The molecule has 0 saturated heterocycles. The lowest BCUT2D eigenvalue weighted by Gasteiger charge is -2.19. The summed E-state index contributed by atoms with van der Waals surface area (Å²) in [6.45, 7) is 7.94. The van der Waals surface area contributed by atoms with Crippen molar-refractivity contribution in [3.05, 3.63) is 11.1 Å². The van der Waals surface area contributed by atoms with Crippen LogP contribution in [0.2, 0.25) is 0 Å². The fraction of sp³-hybridized carbons (Fsp3) is 0.733. The van der Waals surface area contributed by atoms with Gasteiger partial charge in [0, 0.05) is 12.8 Å². The van der Waals surface area contributed by atoms with E-state index in [0.29, 0.717) is 30.5 Å². The van der Waals surface area contributed by atoms with Gasteiger partial charge in [-0.1, -0.05) is 12.5 Å². The summed E-state index contributed by atoms with van der Waals surface area (Å²) < 4.78 is 0. The lowest BCUT2D eigenvalue weighted by molar-refractivity contribution is -0.118. The summed E-state index contributed by atoms with van der Waals surface area (Å²) in [6.07, 6.45) is 3.29. The summed E-state index contributed by atoms with van der Waals surface area (Å²) in [7, 11) is 0. The quantitative estimate of drug-likeness (QED) is 0.702. The molecule has 0 radical (unpaired) electrons. The maximum Gasteiger partial charge on any atom is 0.159 e. The molecule has 2 aliphatic carbocycles. The number of hydrogen-bond acceptors (Lipinski definition) is 2. The SMILES string of the molecule is CC(=O)CCC1C2CC(=C(C)C)C(=O)CC12C. The summed E-state index contributed by atoms with van der Waals surface area (Å²) in [5.74, 6) is 1.84. The fourth-order valence-corrected chi connectivity index (χ4v) is 3.56. The molecule has 0 amide bonds. The zero-order valence-electron chi connectivity index (χ0n) is 11.3. The number of hydrogen-bond donors (Lipinski definition) is 0. The Morgan fingerprint density at radius 2 is 2.00 bits per heavy atom. The molecule has 0 aliphatic heterocycles. The second-order valence-electron chi connectivity index (χ2n) is 6.24. The Morgan fingerprint density at radius 3 is 2.53 bits per heavy atom. The highest BCUT2D eigenvalue weighted by molar-refractivity contribution is 5.98. The fourth-order valence-electron chi connectivity index (χ4n) is 3.56. The maximum absolute atomic E-state index is 12.0. The van der Waals surface area contributed by atoms with Crippen molar-refractivity contribution in [3.63, 3.8) is 0 Å². The molecule has 2 heteroatoms. The van der Waals surface area contributed by atoms with Gasteiger partial charge in [0.2, 0.25) is 0 Å². The zero-order chi connectivity index (χ0) is 12.8. The average Bonchev–Trinajstić information content (AvgIpc) is 2.76. The van der Waals surface area contributed by atoms with Gasteiger partial charge >= 0.3 is 0 Å². The van der Waals surface area contributed by atoms with Crippen LogP contribution in [0.3, 0.4) is 0 Å². The van der Waals surface area contributed by atoms with Gasteiger partial charge in [-0.3, -0.25) is 4.79 Å². The second kappa shape index (κ2) is 4.08. The van der Waals surface area contributed by atoms with Crippen molar-refractivity contribution in [1.29, 1.82) is 0 Å². The standard InChI is InChI=1S/C15H22O2/c1-9(2)11-7-13-12(6-5-10(3)16)15(13,4)8-14(11)17/h12-13H,5-8H2,1-4H3. The monoisotopic (exact) mass is 234 g/mol. The van der Waals surface area contributed by atoms with Gasteiger partial charge in [0.25, 0.3) is 0 Å². The van der Waals surface area contributed by atoms with Crippen LogP contribution in [0.4, 0.5) is 0 Å². The maximum atomic E-state index is 12.0. The van der Waals surface area contributed by atoms with Crippen molar-refractivity contribution in [1.82, 2.24) is 0 Å². The Hall–Kier alpha value is -0.920. The van der Waals surface area contributed by atoms with Crippen LogP contribution < -0.4 is 0 Å². The van der Waals surface area contributed by atoms with Gasteiger partial charge < -0.3 is 4.79 Å². The van der Waals surface area contributed by atoms with E-state index in [1.165, 1.54) is 5.57 Å². The topological polar surface area (TPSA) is 34.1 Å². The molecular formula is C15H22O2. The highest BCUT2D eigenvalue weighted by Crippen LogP contribution is 2.67. The largest absolute Gasteiger partial charge is 0.300 e. The van der Waals surface area contributed by atoms with Gasteiger partial charge in [-0.2, -0.15) is 0 Å². The molecule has 0 heterocycles. The van der Waals surface area contributed by atoms with Crippen molar-refractivity contribution in [2.45, 2.75) is 53.4 Å². The molecule has 2 rings (SSSR count). The molecule has 0 aromatic carbocycles. The van der Waals surface area contributed by atoms with Crippen LogP contribution in [0.15, 0.2) is 11.1 Å². The Bertz CT molecular complexity index is 401. The van der Waals surface area contributed by atoms with Crippen LogP contribution in [0.1, 0.15) is 53.4 Å². The number of ketones is 2. The van der Waals surface area contributed by atoms with E-state index in [1.807, 2.05) is 13.8 Å². The number of fused-ring (bicyclic) bond motifs is 1. The number of rotatable bonds is 3. The lowest BCUT2D eigenvalue weighted by Crippen LogP contribution is -2.18. The number of carbonyl (C=O) groups is 2. The Labute approximate surface area is 103 Å². The average molecular weight is 234 g/mol. The molecular weight excluding hydrogens is 212 g/mol. The van der Waals surface area contributed by atoms with E-state index in [-0.39, 0.29) is 11.2 Å². The molecule has 0 aromatic rings. The molecule has 0 N–H and O–H groups in total. The summed E-state index contributed by atoms with van der Waals surface area (Å²) in [4.78, 5) is 23.1. The third-order valence-electron chi connectivity index (χ3n) is 4.78. The van der Waals surface area contributed by atoms with Gasteiger partial charge in [0.15, 0.2) is 5.78 Å². The van der Waals surface area contributed by atoms with Crippen molar-refractivity contribution in [3.8, 4) is 0 Å². The van der Waals surface area contributed by atoms with E-state index < -0.39 is 0 Å². The third kappa shape index (κ3) is 2.10.